The van der Waals surface area contributed by atoms with Crippen molar-refractivity contribution >= 4 is 53.3 Å². The van der Waals surface area contributed by atoms with Crippen molar-refractivity contribution in [3.63, 3.8) is 0 Å². The first-order valence-electron chi connectivity index (χ1n) is 7.54. The molecule has 3 nitrogen and oxygen atoms in total. The van der Waals surface area contributed by atoms with E-state index >= 15 is 0 Å². The van der Waals surface area contributed by atoms with Gasteiger partial charge in [0.25, 0.3) is 0 Å². The Morgan fingerprint density at radius 1 is 1.39 bits per heavy atom. The van der Waals surface area contributed by atoms with E-state index in [9.17, 15) is 4.79 Å². The van der Waals surface area contributed by atoms with Crippen molar-refractivity contribution in [1.82, 2.24) is 4.90 Å². The number of likely N-dealkylation sites (tertiary alicyclic amines) is 1. The van der Waals surface area contributed by atoms with E-state index in [-0.39, 0.29) is 29.6 Å². The molecule has 23 heavy (non-hydrogen) atoms. The number of piperidine rings is 1. The summed E-state index contributed by atoms with van der Waals surface area (Å²) in [5.74, 6) is 0.538. The fraction of sp³-hybridized carbons (Fsp3) is 0.562. The van der Waals surface area contributed by atoms with Crippen molar-refractivity contribution in [3.8, 4) is 0 Å². The summed E-state index contributed by atoms with van der Waals surface area (Å²) in [4.78, 5) is 15.4. The molecule has 2 N–H and O–H groups in total. The quantitative estimate of drug-likeness (QED) is 0.762. The summed E-state index contributed by atoms with van der Waals surface area (Å²) in [7, 11) is 0. The van der Waals surface area contributed by atoms with Crippen LogP contribution in [0.1, 0.15) is 26.7 Å². The zero-order chi connectivity index (χ0) is 16.3. The fourth-order valence-electron chi connectivity index (χ4n) is 2.70. The van der Waals surface area contributed by atoms with Crippen molar-refractivity contribution in [3.05, 3.63) is 28.2 Å². The maximum absolute atomic E-state index is 12.7. The standard InChI is InChI=1S/C16H22Cl2N2OS.ClH/c1-10(19)12-4-3-7-20(9-12)16(21)11(2)22-15-8-13(17)5-6-14(15)18;/h5-6,8,10-12H,3-4,7,9,19H2,1-2H3;1H. The van der Waals surface area contributed by atoms with Crippen LogP contribution in [0.25, 0.3) is 0 Å². The second-order valence-electron chi connectivity index (χ2n) is 5.88. The van der Waals surface area contributed by atoms with Crippen molar-refractivity contribution in [2.24, 2.45) is 11.7 Å². The minimum absolute atomic E-state index is 0. The van der Waals surface area contributed by atoms with Crippen molar-refractivity contribution < 1.29 is 4.79 Å². The van der Waals surface area contributed by atoms with Crippen LogP contribution in [-0.4, -0.2) is 35.2 Å². The monoisotopic (exact) mass is 396 g/mol. The summed E-state index contributed by atoms with van der Waals surface area (Å²) in [6.07, 6.45) is 2.12. The molecule has 3 unspecified atom stereocenters. The van der Waals surface area contributed by atoms with Gasteiger partial charge in [-0.3, -0.25) is 4.79 Å². The Hall–Kier alpha value is -0.130. The molecule has 2 rings (SSSR count). The molecule has 0 saturated carbocycles. The smallest absolute Gasteiger partial charge is 0.235 e. The van der Waals surface area contributed by atoms with E-state index in [0.717, 1.165) is 30.8 Å². The van der Waals surface area contributed by atoms with Crippen LogP contribution in [0.2, 0.25) is 10.0 Å². The number of hydrogen-bond donors (Lipinski definition) is 1. The molecule has 0 bridgehead atoms. The van der Waals surface area contributed by atoms with Gasteiger partial charge in [0, 0.05) is 29.0 Å². The van der Waals surface area contributed by atoms with Crippen molar-refractivity contribution in [1.29, 1.82) is 0 Å². The third-order valence-electron chi connectivity index (χ3n) is 4.06. The number of nitrogens with two attached hydrogens (primary N) is 1. The molecule has 1 aromatic carbocycles. The summed E-state index contributed by atoms with van der Waals surface area (Å²) in [5.41, 5.74) is 5.99. The largest absolute Gasteiger partial charge is 0.341 e. The zero-order valence-electron chi connectivity index (χ0n) is 13.3. The molecule has 0 aromatic heterocycles. The molecule has 0 radical (unpaired) electrons. The first-order chi connectivity index (χ1) is 10.4. The van der Waals surface area contributed by atoms with E-state index in [4.69, 9.17) is 28.9 Å². The molecule has 1 heterocycles. The first kappa shape index (κ1) is 20.9. The number of hydrogen-bond acceptors (Lipinski definition) is 3. The summed E-state index contributed by atoms with van der Waals surface area (Å²) in [6, 6.07) is 5.44. The second kappa shape index (κ2) is 9.38. The minimum atomic E-state index is -0.192. The molecule has 1 aromatic rings. The number of benzene rings is 1. The molecule has 3 atom stereocenters. The number of amides is 1. The molecule has 1 aliphatic heterocycles. The zero-order valence-corrected chi connectivity index (χ0v) is 16.4. The molecular weight excluding hydrogens is 375 g/mol. The van der Waals surface area contributed by atoms with Crippen LogP contribution in [0.3, 0.4) is 0 Å². The Labute approximate surface area is 158 Å². The maximum atomic E-state index is 12.7. The van der Waals surface area contributed by atoms with E-state index in [1.807, 2.05) is 18.7 Å². The SMILES string of the molecule is CC(Sc1cc(Cl)ccc1Cl)C(=O)N1CCCC(C(C)N)C1.Cl. The van der Waals surface area contributed by atoms with Gasteiger partial charge in [-0.15, -0.1) is 24.2 Å². The summed E-state index contributed by atoms with van der Waals surface area (Å²) >= 11 is 13.6. The van der Waals surface area contributed by atoms with Crippen LogP contribution in [0, 0.1) is 5.92 Å². The van der Waals surface area contributed by atoms with Gasteiger partial charge in [0.05, 0.1) is 10.3 Å². The van der Waals surface area contributed by atoms with Crippen LogP contribution in [-0.2, 0) is 4.79 Å². The number of carbonyl (C=O) groups is 1. The highest BCUT2D eigenvalue weighted by Crippen LogP contribution is 2.33. The average molecular weight is 398 g/mol. The lowest BCUT2D eigenvalue weighted by molar-refractivity contribution is -0.132. The van der Waals surface area contributed by atoms with E-state index in [0.29, 0.717) is 16.0 Å². The number of halogens is 3. The third kappa shape index (κ3) is 5.71. The summed E-state index contributed by atoms with van der Waals surface area (Å²) in [6.45, 7) is 5.50. The average Bonchev–Trinajstić information content (AvgIpc) is 2.50. The number of carbonyl (C=O) groups excluding carboxylic acids is 1. The molecule has 0 aliphatic carbocycles. The van der Waals surface area contributed by atoms with Gasteiger partial charge < -0.3 is 10.6 Å². The molecule has 1 aliphatic rings. The second-order valence-corrected chi connectivity index (χ2v) is 8.11. The fourth-order valence-corrected chi connectivity index (χ4v) is 4.20. The predicted octanol–water partition coefficient (Wildman–Crippen LogP) is 4.48. The summed E-state index contributed by atoms with van der Waals surface area (Å²) in [5, 5.41) is 1.06. The van der Waals surface area contributed by atoms with Gasteiger partial charge in [-0.25, -0.2) is 0 Å². The molecule has 1 fully saturated rings. The molecule has 1 amide bonds. The Bertz CT molecular complexity index is 542. The highest BCUT2D eigenvalue weighted by atomic mass is 35.5. The van der Waals surface area contributed by atoms with Gasteiger partial charge in [-0.1, -0.05) is 23.2 Å². The number of nitrogens with zero attached hydrogens (tertiary/aromatic N) is 1. The van der Waals surface area contributed by atoms with E-state index in [1.165, 1.54) is 11.8 Å². The minimum Gasteiger partial charge on any atom is -0.341 e. The molecule has 0 spiro atoms. The van der Waals surface area contributed by atoms with Gasteiger partial charge >= 0.3 is 0 Å². The van der Waals surface area contributed by atoms with Crippen LogP contribution in [0.5, 0.6) is 0 Å². The molecular formula is C16H23Cl3N2OS. The highest BCUT2D eigenvalue weighted by Gasteiger charge is 2.29. The van der Waals surface area contributed by atoms with Crippen LogP contribution in [0.15, 0.2) is 23.1 Å². The lowest BCUT2D eigenvalue weighted by Gasteiger charge is -2.35. The van der Waals surface area contributed by atoms with Gasteiger partial charge in [0.1, 0.15) is 0 Å². The van der Waals surface area contributed by atoms with Crippen LogP contribution < -0.4 is 5.73 Å². The first-order valence-corrected chi connectivity index (χ1v) is 9.18. The number of rotatable bonds is 4. The molecule has 1 saturated heterocycles. The topological polar surface area (TPSA) is 46.3 Å². The summed E-state index contributed by atoms with van der Waals surface area (Å²) < 4.78 is 0. The normalized spacial score (nSPS) is 20.6. The lowest BCUT2D eigenvalue weighted by Crippen LogP contribution is -2.47. The van der Waals surface area contributed by atoms with Gasteiger partial charge in [0.15, 0.2) is 0 Å². The maximum Gasteiger partial charge on any atom is 0.235 e. The highest BCUT2D eigenvalue weighted by molar-refractivity contribution is 8.00. The molecule has 130 valence electrons. The predicted molar refractivity (Wildman–Crippen MR) is 102 cm³/mol. The van der Waals surface area contributed by atoms with E-state index in [1.54, 1.807) is 18.2 Å². The number of thioether (sulfide) groups is 1. The third-order valence-corrected chi connectivity index (χ3v) is 5.88. The van der Waals surface area contributed by atoms with E-state index in [2.05, 4.69) is 0 Å². The van der Waals surface area contributed by atoms with Crippen LogP contribution in [0.4, 0.5) is 0 Å². The van der Waals surface area contributed by atoms with Crippen molar-refractivity contribution in [2.75, 3.05) is 13.1 Å². The van der Waals surface area contributed by atoms with Gasteiger partial charge in [-0.2, -0.15) is 0 Å². The Balaban J connectivity index is 0.00000264. The van der Waals surface area contributed by atoms with Gasteiger partial charge in [0.2, 0.25) is 5.91 Å². The Kier molecular flexibility index (Phi) is 8.53. The van der Waals surface area contributed by atoms with E-state index < -0.39 is 0 Å². The van der Waals surface area contributed by atoms with Crippen LogP contribution >= 0.6 is 47.4 Å². The Morgan fingerprint density at radius 3 is 2.74 bits per heavy atom. The molecule has 7 heteroatoms. The lowest BCUT2D eigenvalue weighted by atomic mass is 9.92. The van der Waals surface area contributed by atoms with Crippen molar-refractivity contribution in [2.45, 2.75) is 42.9 Å². The van der Waals surface area contributed by atoms with Gasteiger partial charge in [-0.05, 0) is 50.8 Å². The Morgan fingerprint density at radius 2 is 2.09 bits per heavy atom.